The van der Waals surface area contributed by atoms with Gasteiger partial charge in [-0.3, -0.25) is 13.9 Å². The fourth-order valence-electron chi connectivity index (χ4n) is 3.73. The standard InChI is InChI=1S/C26H35Cl2N3O5S/c1-18(25(33)29-26(2,3)4)30(17-19-20(27)11-9-12-21(19)28)24(32)15-10-16-31(37(6,34)35)22-13-7-8-14-23(22)36-5/h7-9,11-14,18H,10,15-17H2,1-6H3,(H,29,33). The molecule has 0 radical (unpaired) electrons. The maximum Gasteiger partial charge on any atom is 0.242 e. The average Bonchev–Trinajstić information content (AvgIpc) is 2.79. The minimum Gasteiger partial charge on any atom is -0.495 e. The van der Waals surface area contributed by atoms with E-state index in [1.54, 1.807) is 49.4 Å². The fourth-order valence-corrected chi connectivity index (χ4v) is 5.21. The van der Waals surface area contributed by atoms with E-state index in [2.05, 4.69) is 5.32 Å². The molecule has 0 spiro atoms. The van der Waals surface area contributed by atoms with Crippen LogP contribution in [0.2, 0.25) is 10.0 Å². The summed E-state index contributed by atoms with van der Waals surface area (Å²) in [5, 5.41) is 3.66. The molecule has 204 valence electrons. The van der Waals surface area contributed by atoms with E-state index < -0.39 is 21.6 Å². The Labute approximate surface area is 229 Å². The van der Waals surface area contributed by atoms with Crippen molar-refractivity contribution >= 4 is 50.7 Å². The second-order valence-corrected chi connectivity index (χ2v) is 12.5. The largest absolute Gasteiger partial charge is 0.495 e. The molecule has 0 aliphatic heterocycles. The predicted octanol–water partition coefficient (Wildman–Crippen LogP) is 4.88. The fraction of sp³-hybridized carbons (Fsp3) is 0.462. The molecule has 0 aliphatic carbocycles. The average molecular weight is 573 g/mol. The lowest BCUT2D eigenvalue weighted by Crippen LogP contribution is -2.52. The van der Waals surface area contributed by atoms with E-state index in [1.807, 2.05) is 20.8 Å². The van der Waals surface area contributed by atoms with Gasteiger partial charge in [0.2, 0.25) is 21.8 Å². The Morgan fingerprint density at radius 3 is 2.19 bits per heavy atom. The van der Waals surface area contributed by atoms with Gasteiger partial charge in [-0.1, -0.05) is 41.4 Å². The van der Waals surface area contributed by atoms with Crippen molar-refractivity contribution in [1.82, 2.24) is 10.2 Å². The first kappa shape index (κ1) is 30.7. The molecular weight excluding hydrogens is 537 g/mol. The lowest BCUT2D eigenvalue weighted by molar-refractivity contribution is -0.141. The Morgan fingerprint density at radius 2 is 1.65 bits per heavy atom. The first-order valence-corrected chi connectivity index (χ1v) is 14.4. The van der Waals surface area contributed by atoms with E-state index in [0.717, 1.165) is 6.26 Å². The minimum absolute atomic E-state index is 0.00359. The van der Waals surface area contributed by atoms with Gasteiger partial charge in [0, 0.05) is 40.7 Å². The Bertz CT molecular complexity index is 1190. The zero-order valence-corrected chi connectivity index (χ0v) is 24.4. The van der Waals surface area contributed by atoms with Gasteiger partial charge in [0.25, 0.3) is 0 Å². The van der Waals surface area contributed by atoms with E-state index >= 15 is 0 Å². The number of nitrogens with one attached hydrogen (secondary N) is 1. The SMILES string of the molecule is COc1ccccc1N(CCCC(=O)N(Cc1c(Cl)cccc1Cl)C(C)C(=O)NC(C)(C)C)S(C)(=O)=O. The summed E-state index contributed by atoms with van der Waals surface area (Å²) in [7, 11) is -2.19. The first-order chi connectivity index (χ1) is 17.2. The number of halogens is 2. The van der Waals surface area contributed by atoms with Gasteiger partial charge in [-0.05, 0) is 58.4 Å². The Morgan fingerprint density at radius 1 is 1.05 bits per heavy atom. The van der Waals surface area contributed by atoms with Crippen LogP contribution in [0.1, 0.15) is 46.1 Å². The molecule has 0 saturated carbocycles. The molecule has 0 bridgehead atoms. The number of nitrogens with zero attached hydrogens (tertiary/aromatic N) is 2. The van der Waals surface area contributed by atoms with Crippen LogP contribution < -0.4 is 14.4 Å². The molecule has 1 N–H and O–H groups in total. The third-order valence-corrected chi connectivity index (χ3v) is 7.45. The highest BCUT2D eigenvalue weighted by molar-refractivity contribution is 7.92. The van der Waals surface area contributed by atoms with Crippen LogP contribution in [-0.2, 0) is 26.2 Å². The summed E-state index contributed by atoms with van der Waals surface area (Å²) in [5.41, 5.74) is 0.422. The number of ether oxygens (including phenoxy) is 1. The van der Waals surface area contributed by atoms with Gasteiger partial charge in [-0.25, -0.2) is 8.42 Å². The molecule has 8 nitrogen and oxygen atoms in total. The van der Waals surface area contributed by atoms with Crippen molar-refractivity contribution in [3.8, 4) is 5.75 Å². The van der Waals surface area contributed by atoms with E-state index in [1.165, 1.54) is 16.3 Å². The van der Waals surface area contributed by atoms with Crippen LogP contribution in [0.25, 0.3) is 0 Å². The van der Waals surface area contributed by atoms with Crippen LogP contribution in [0, 0.1) is 0 Å². The van der Waals surface area contributed by atoms with Crippen molar-refractivity contribution in [2.24, 2.45) is 0 Å². The smallest absolute Gasteiger partial charge is 0.242 e. The lowest BCUT2D eigenvalue weighted by Gasteiger charge is -2.32. The number of sulfonamides is 1. The molecule has 0 aromatic heterocycles. The zero-order chi connectivity index (χ0) is 28.0. The molecule has 0 saturated heterocycles. The van der Waals surface area contributed by atoms with Crippen LogP contribution >= 0.6 is 23.2 Å². The normalized spacial score (nSPS) is 12.5. The number of carbonyl (C=O) groups excluding carboxylic acids is 2. The molecule has 2 aromatic carbocycles. The molecule has 2 rings (SSSR count). The van der Waals surface area contributed by atoms with Gasteiger partial charge in [-0.2, -0.15) is 0 Å². The lowest BCUT2D eigenvalue weighted by atomic mass is 10.1. The number of anilines is 1. The van der Waals surface area contributed by atoms with Crippen molar-refractivity contribution in [3.63, 3.8) is 0 Å². The van der Waals surface area contributed by atoms with Gasteiger partial charge in [0.1, 0.15) is 11.8 Å². The first-order valence-electron chi connectivity index (χ1n) is 11.8. The molecule has 2 aromatic rings. The van der Waals surface area contributed by atoms with Crippen molar-refractivity contribution in [2.45, 2.75) is 58.7 Å². The van der Waals surface area contributed by atoms with Crippen LogP contribution in [0.15, 0.2) is 42.5 Å². The number of methoxy groups -OCH3 is 1. The van der Waals surface area contributed by atoms with Crippen LogP contribution in [0.4, 0.5) is 5.69 Å². The van der Waals surface area contributed by atoms with Crippen molar-refractivity contribution in [3.05, 3.63) is 58.1 Å². The summed E-state index contributed by atoms with van der Waals surface area (Å²) in [6.45, 7) is 7.28. The molecule has 0 fully saturated rings. The van der Waals surface area contributed by atoms with Crippen molar-refractivity contribution in [2.75, 3.05) is 24.2 Å². The molecule has 11 heteroatoms. The maximum absolute atomic E-state index is 13.4. The van der Waals surface area contributed by atoms with Gasteiger partial charge in [0.15, 0.2) is 0 Å². The Balaban J connectivity index is 2.27. The summed E-state index contributed by atoms with van der Waals surface area (Å²) in [4.78, 5) is 27.8. The number of benzene rings is 2. The summed E-state index contributed by atoms with van der Waals surface area (Å²) < 4.78 is 31.6. The molecule has 2 amide bonds. The van der Waals surface area contributed by atoms with Gasteiger partial charge in [-0.15, -0.1) is 0 Å². The molecule has 1 unspecified atom stereocenters. The third-order valence-electron chi connectivity index (χ3n) is 5.56. The number of amides is 2. The second-order valence-electron chi connectivity index (χ2n) is 9.75. The molecule has 0 aliphatic rings. The number of rotatable bonds is 11. The van der Waals surface area contributed by atoms with Gasteiger partial charge < -0.3 is 15.0 Å². The molecule has 0 heterocycles. The highest BCUT2D eigenvalue weighted by Gasteiger charge is 2.30. The maximum atomic E-state index is 13.4. The molecule has 1 atom stereocenters. The summed E-state index contributed by atoms with van der Waals surface area (Å²) in [6.07, 6.45) is 1.31. The topological polar surface area (TPSA) is 96.0 Å². The van der Waals surface area contributed by atoms with E-state index in [4.69, 9.17) is 27.9 Å². The molecule has 37 heavy (non-hydrogen) atoms. The van der Waals surface area contributed by atoms with Gasteiger partial charge >= 0.3 is 0 Å². The Kier molecular flexibility index (Phi) is 10.7. The van der Waals surface area contributed by atoms with Crippen molar-refractivity contribution < 1.29 is 22.7 Å². The van der Waals surface area contributed by atoms with E-state index in [9.17, 15) is 18.0 Å². The summed E-state index contributed by atoms with van der Waals surface area (Å²) in [5.74, 6) is -0.251. The highest BCUT2D eigenvalue weighted by atomic mass is 35.5. The predicted molar refractivity (Wildman–Crippen MR) is 149 cm³/mol. The zero-order valence-electron chi connectivity index (χ0n) is 22.0. The third kappa shape index (κ3) is 8.79. The summed E-state index contributed by atoms with van der Waals surface area (Å²) in [6, 6.07) is 11.0. The quantitative estimate of drug-likeness (QED) is 0.414. The van der Waals surface area contributed by atoms with E-state index in [-0.39, 0.29) is 37.7 Å². The van der Waals surface area contributed by atoms with Crippen LogP contribution in [-0.4, -0.2) is 56.6 Å². The molecular formula is C26H35Cl2N3O5S. The van der Waals surface area contributed by atoms with Crippen LogP contribution in [0.3, 0.4) is 0 Å². The van der Waals surface area contributed by atoms with Crippen LogP contribution in [0.5, 0.6) is 5.75 Å². The minimum atomic E-state index is -3.65. The monoisotopic (exact) mass is 571 g/mol. The highest BCUT2D eigenvalue weighted by Crippen LogP contribution is 2.30. The van der Waals surface area contributed by atoms with Crippen molar-refractivity contribution in [1.29, 1.82) is 0 Å². The number of para-hydroxylation sites is 2. The van der Waals surface area contributed by atoms with E-state index in [0.29, 0.717) is 27.0 Å². The Hall–Kier alpha value is -2.49. The second kappa shape index (κ2) is 12.8. The summed E-state index contributed by atoms with van der Waals surface area (Å²) >= 11 is 12.7. The number of hydrogen-bond acceptors (Lipinski definition) is 5. The van der Waals surface area contributed by atoms with Gasteiger partial charge in [0.05, 0.1) is 19.1 Å². The number of hydrogen-bond donors (Lipinski definition) is 1. The number of carbonyl (C=O) groups is 2.